The molecule has 104 valence electrons. The number of ether oxygens (including phenoxy) is 1. The summed E-state index contributed by atoms with van der Waals surface area (Å²) in [6.07, 6.45) is 7.75. The summed E-state index contributed by atoms with van der Waals surface area (Å²) in [4.78, 5) is 13.3. The molecule has 1 heterocycles. The molecular formula is C14H25NO3. The first kappa shape index (κ1) is 13.8. The second kappa shape index (κ2) is 6.53. The molecule has 18 heavy (non-hydrogen) atoms. The molecule has 0 atom stereocenters. The average Bonchev–Trinajstić information content (AvgIpc) is 2.39. The Morgan fingerprint density at radius 3 is 2.28 bits per heavy atom. The zero-order valence-electron chi connectivity index (χ0n) is 11.3. The number of rotatable bonds is 4. The summed E-state index contributed by atoms with van der Waals surface area (Å²) in [5.41, 5.74) is 0. The number of methoxy groups -OCH3 is 1. The van der Waals surface area contributed by atoms with E-state index in [1.807, 2.05) is 7.11 Å². The number of carboxylic acids is 1. The van der Waals surface area contributed by atoms with Crippen LogP contribution in [0.4, 0.5) is 0 Å². The first-order valence-electron chi connectivity index (χ1n) is 7.17. The normalized spacial score (nSPS) is 31.4. The lowest BCUT2D eigenvalue weighted by atomic mass is 9.88. The topological polar surface area (TPSA) is 49.8 Å². The lowest BCUT2D eigenvalue weighted by molar-refractivity contribution is -0.138. The van der Waals surface area contributed by atoms with Crippen LogP contribution in [0.15, 0.2) is 0 Å². The van der Waals surface area contributed by atoms with Gasteiger partial charge in [-0.3, -0.25) is 4.79 Å². The molecule has 2 fully saturated rings. The van der Waals surface area contributed by atoms with Gasteiger partial charge in [0, 0.05) is 19.6 Å². The van der Waals surface area contributed by atoms with Gasteiger partial charge in [-0.15, -0.1) is 0 Å². The van der Waals surface area contributed by atoms with E-state index in [1.54, 1.807) is 0 Å². The highest BCUT2D eigenvalue weighted by Gasteiger charge is 2.29. The summed E-state index contributed by atoms with van der Waals surface area (Å²) in [5, 5.41) is 8.81. The minimum atomic E-state index is -0.644. The van der Waals surface area contributed by atoms with Crippen LogP contribution in [-0.2, 0) is 9.53 Å². The van der Waals surface area contributed by atoms with Crippen LogP contribution in [0.5, 0.6) is 0 Å². The molecule has 2 aliphatic rings. The first-order chi connectivity index (χ1) is 8.69. The maximum absolute atomic E-state index is 10.7. The number of likely N-dealkylation sites (tertiary alicyclic amines) is 1. The van der Waals surface area contributed by atoms with Crippen molar-refractivity contribution < 1.29 is 14.6 Å². The van der Waals surface area contributed by atoms with Gasteiger partial charge >= 0.3 is 5.97 Å². The van der Waals surface area contributed by atoms with E-state index in [0.717, 1.165) is 25.9 Å². The fourth-order valence-electron chi connectivity index (χ4n) is 3.42. The molecule has 1 N–H and O–H groups in total. The maximum Gasteiger partial charge on any atom is 0.303 e. The lowest BCUT2D eigenvalue weighted by Gasteiger charge is -2.40. The highest BCUT2D eigenvalue weighted by Crippen LogP contribution is 2.29. The summed E-state index contributed by atoms with van der Waals surface area (Å²) in [5.74, 6) is -0.247. The molecule has 1 saturated carbocycles. The van der Waals surface area contributed by atoms with Gasteiger partial charge in [0.15, 0.2) is 0 Å². The van der Waals surface area contributed by atoms with Crippen LogP contribution in [0.2, 0.25) is 0 Å². The number of hydrogen-bond donors (Lipinski definition) is 1. The van der Waals surface area contributed by atoms with Gasteiger partial charge in [0.25, 0.3) is 0 Å². The summed E-state index contributed by atoms with van der Waals surface area (Å²) in [6.45, 7) is 2.17. The van der Waals surface area contributed by atoms with Crippen LogP contribution in [-0.4, -0.2) is 48.3 Å². The Morgan fingerprint density at radius 1 is 1.17 bits per heavy atom. The van der Waals surface area contributed by atoms with E-state index >= 15 is 0 Å². The van der Waals surface area contributed by atoms with Crippen molar-refractivity contribution >= 4 is 5.97 Å². The predicted molar refractivity (Wildman–Crippen MR) is 69.6 cm³/mol. The standard InChI is InChI=1S/C14H25NO3/c1-18-13-4-2-12(3-5-13)15-8-6-11(7-9-15)10-14(16)17/h11-13H,2-10H2,1H3,(H,16,17). The minimum absolute atomic E-state index is 0.351. The number of carbonyl (C=O) groups is 1. The van der Waals surface area contributed by atoms with Crippen LogP contribution in [0, 0.1) is 5.92 Å². The molecule has 0 aromatic heterocycles. The molecule has 0 unspecified atom stereocenters. The van der Waals surface area contributed by atoms with Gasteiger partial charge in [0.2, 0.25) is 0 Å². The Morgan fingerprint density at radius 2 is 1.78 bits per heavy atom. The summed E-state index contributed by atoms with van der Waals surface area (Å²) < 4.78 is 5.40. The van der Waals surface area contributed by atoms with Gasteiger partial charge in [-0.1, -0.05) is 0 Å². The van der Waals surface area contributed by atoms with Crippen molar-refractivity contribution in [3.63, 3.8) is 0 Å². The number of piperidine rings is 1. The van der Waals surface area contributed by atoms with Gasteiger partial charge in [0.05, 0.1) is 6.10 Å². The van der Waals surface area contributed by atoms with Gasteiger partial charge in [0.1, 0.15) is 0 Å². The number of carboxylic acid groups (broad SMARTS) is 1. The molecule has 1 saturated heterocycles. The predicted octanol–water partition coefficient (Wildman–Crippen LogP) is 2.13. The maximum atomic E-state index is 10.7. The van der Waals surface area contributed by atoms with Crippen LogP contribution < -0.4 is 0 Å². The van der Waals surface area contributed by atoms with E-state index in [9.17, 15) is 4.79 Å². The van der Waals surface area contributed by atoms with Crippen LogP contribution in [0.25, 0.3) is 0 Å². The summed E-state index contributed by atoms with van der Waals surface area (Å²) >= 11 is 0. The Labute approximate surface area is 109 Å². The Bertz CT molecular complexity index is 266. The Hall–Kier alpha value is -0.610. The Kier molecular flexibility index (Phi) is 5.01. The highest BCUT2D eigenvalue weighted by atomic mass is 16.5. The van der Waals surface area contributed by atoms with Gasteiger partial charge in [-0.2, -0.15) is 0 Å². The van der Waals surface area contributed by atoms with Crippen molar-refractivity contribution in [3.8, 4) is 0 Å². The summed E-state index contributed by atoms with van der Waals surface area (Å²) in [6, 6.07) is 0.710. The molecular weight excluding hydrogens is 230 g/mol. The Balaban J connectivity index is 1.71. The molecule has 0 spiro atoms. The summed E-state index contributed by atoms with van der Waals surface area (Å²) in [7, 11) is 1.81. The second-order valence-corrected chi connectivity index (χ2v) is 5.74. The molecule has 0 aromatic rings. The van der Waals surface area contributed by atoms with Crippen molar-refractivity contribution in [2.24, 2.45) is 5.92 Å². The molecule has 0 amide bonds. The first-order valence-corrected chi connectivity index (χ1v) is 7.17. The quantitative estimate of drug-likeness (QED) is 0.836. The van der Waals surface area contributed by atoms with Crippen LogP contribution >= 0.6 is 0 Å². The fourth-order valence-corrected chi connectivity index (χ4v) is 3.42. The third-order valence-corrected chi connectivity index (χ3v) is 4.61. The van der Waals surface area contributed by atoms with Gasteiger partial charge in [-0.25, -0.2) is 0 Å². The minimum Gasteiger partial charge on any atom is -0.481 e. The van der Waals surface area contributed by atoms with E-state index in [2.05, 4.69) is 4.90 Å². The second-order valence-electron chi connectivity index (χ2n) is 5.74. The van der Waals surface area contributed by atoms with Crippen molar-refractivity contribution in [1.82, 2.24) is 4.90 Å². The van der Waals surface area contributed by atoms with Crippen molar-refractivity contribution in [2.45, 2.75) is 57.1 Å². The monoisotopic (exact) mass is 255 g/mol. The van der Waals surface area contributed by atoms with Gasteiger partial charge < -0.3 is 14.7 Å². The molecule has 4 heteroatoms. The molecule has 1 aliphatic carbocycles. The third kappa shape index (κ3) is 3.69. The van der Waals surface area contributed by atoms with Crippen LogP contribution in [0.1, 0.15) is 44.9 Å². The molecule has 0 radical (unpaired) electrons. The SMILES string of the molecule is COC1CCC(N2CCC(CC(=O)O)CC2)CC1. The van der Waals surface area contributed by atoms with E-state index in [4.69, 9.17) is 9.84 Å². The molecule has 0 aromatic carbocycles. The largest absolute Gasteiger partial charge is 0.481 e. The fraction of sp³-hybridized carbons (Fsp3) is 0.929. The number of aliphatic carboxylic acids is 1. The van der Waals surface area contributed by atoms with Gasteiger partial charge in [-0.05, 0) is 57.5 Å². The molecule has 1 aliphatic heterocycles. The molecule has 4 nitrogen and oxygen atoms in total. The lowest BCUT2D eigenvalue weighted by Crippen LogP contribution is -2.44. The van der Waals surface area contributed by atoms with E-state index in [0.29, 0.717) is 24.5 Å². The number of hydrogen-bond acceptors (Lipinski definition) is 3. The third-order valence-electron chi connectivity index (χ3n) is 4.61. The molecule has 2 rings (SSSR count). The van der Waals surface area contributed by atoms with E-state index in [-0.39, 0.29) is 0 Å². The van der Waals surface area contributed by atoms with Crippen molar-refractivity contribution in [3.05, 3.63) is 0 Å². The average molecular weight is 255 g/mol. The van der Waals surface area contributed by atoms with Crippen LogP contribution in [0.3, 0.4) is 0 Å². The smallest absolute Gasteiger partial charge is 0.303 e. The number of nitrogens with zero attached hydrogens (tertiary/aromatic N) is 1. The van der Waals surface area contributed by atoms with Crippen molar-refractivity contribution in [2.75, 3.05) is 20.2 Å². The van der Waals surface area contributed by atoms with Crippen molar-refractivity contribution in [1.29, 1.82) is 0 Å². The highest BCUT2D eigenvalue weighted by molar-refractivity contribution is 5.67. The molecule has 0 bridgehead atoms. The zero-order valence-corrected chi connectivity index (χ0v) is 11.3. The zero-order chi connectivity index (χ0) is 13.0. The van der Waals surface area contributed by atoms with E-state index < -0.39 is 5.97 Å². The van der Waals surface area contributed by atoms with E-state index in [1.165, 1.54) is 25.7 Å².